The van der Waals surface area contributed by atoms with Gasteiger partial charge < -0.3 is 14.7 Å². The third-order valence-corrected chi connectivity index (χ3v) is 4.78. The van der Waals surface area contributed by atoms with Crippen LogP contribution in [0, 0.1) is 0 Å². The van der Waals surface area contributed by atoms with Crippen molar-refractivity contribution in [3.05, 3.63) is 82.8 Å². The van der Waals surface area contributed by atoms with Crippen LogP contribution >= 0.6 is 0 Å². The van der Waals surface area contributed by atoms with Crippen LogP contribution in [0.3, 0.4) is 0 Å². The highest BCUT2D eigenvalue weighted by atomic mass is 16.5. The Hall–Kier alpha value is -3.27. The van der Waals surface area contributed by atoms with Gasteiger partial charge in [0.25, 0.3) is 0 Å². The summed E-state index contributed by atoms with van der Waals surface area (Å²) in [4.78, 5) is 11.5. The van der Waals surface area contributed by atoms with Crippen molar-refractivity contribution in [2.75, 3.05) is 7.11 Å². The van der Waals surface area contributed by atoms with Crippen molar-refractivity contribution < 1.29 is 4.74 Å². The average Bonchev–Trinajstić information content (AvgIpc) is 3.38. The molecule has 1 aliphatic rings. The highest BCUT2D eigenvalue weighted by Gasteiger charge is 2.19. The highest BCUT2D eigenvalue weighted by molar-refractivity contribution is 6.15. The first-order chi connectivity index (χ1) is 12.7. The van der Waals surface area contributed by atoms with Gasteiger partial charge in [0.05, 0.1) is 35.6 Å². The molecule has 0 saturated heterocycles. The molecule has 130 valence electrons. The quantitative estimate of drug-likeness (QED) is 0.672. The fourth-order valence-corrected chi connectivity index (χ4v) is 3.18. The molecular weight excluding hydrogens is 322 g/mol. The summed E-state index contributed by atoms with van der Waals surface area (Å²) in [5, 5.41) is 0. The molecule has 2 N–H and O–H groups in total. The summed E-state index contributed by atoms with van der Waals surface area (Å²) in [6, 6.07) is 16.3. The van der Waals surface area contributed by atoms with Crippen LogP contribution in [0.1, 0.15) is 25.1 Å². The van der Waals surface area contributed by atoms with E-state index in [0.717, 1.165) is 39.8 Å². The molecule has 0 saturated carbocycles. The van der Waals surface area contributed by atoms with Gasteiger partial charge in [0.2, 0.25) is 0 Å². The summed E-state index contributed by atoms with van der Waals surface area (Å²) < 4.78 is 5.55. The van der Waals surface area contributed by atoms with Gasteiger partial charge in [0.1, 0.15) is 5.75 Å². The molecule has 0 bridgehead atoms. The molecule has 1 aromatic carbocycles. The Balaban J connectivity index is 1.76. The van der Waals surface area contributed by atoms with Gasteiger partial charge in [-0.1, -0.05) is 30.3 Å². The maximum absolute atomic E-state index is 5.55. The molecule has 3 heterocycles. The Morgan fingerprint density at radius 3 is 2.46 bits per heavy atom. The van der Waals surface area contributed by atoms with Gasteiger partial charge in [-0.3, -0.25) is 0 Å². The maximum atomic E-state index is 5.55. The van der Waals surface area contributed by atoms with Gasteiger partial charge >= 0.3 is 0 Å². The summed E-state index contributed by atoms with van der Waals surface area (Å²) in [6.45, 7) is 4.24. The van der Waals surface area contributed by atoms with Gasteiger partial charge in [0, 0.05) is 17.8 Å². The van der Waals surface area contributed by atoms with Gasteiger partial charge in [-0.25, -0.2) is 4.99 Å². The molecule has 0 atom stereocenters. The standard InChI is InChI=1S/C22H21N3O/c1-14-15(2)22(16-8-5-4-6-9-16)25-18(14)12-20-21(26-3)13-19(24-20)17-10-7-11-23-17/h4-13,23-24H,1-3H3. The minimum absolute atomic E-state index is 0.802. The summed E-state index contributed by atoms with van der Waals surface area (Å²) in [6.07, 6.45) is 3.96. The number of hydrogen-bond acceptors (Lipinski definition) is 2. The van der Waals surface area contributed by atoms with E-state index in [1.54, 1.807) is 7.11 Å². The monoisotopic (exact) mass is 343 g/mol. The number of aromatic nitrogens is 2. The molecule has 3 aromatic rings. The number of rotatable bonds is 4. The van der Waals surface area contributed by atoms with E-state index < -0.39 is 0 Å². The van der Waals surface area contributed by atoms with Crippen LogP contribution in [-0.2, 0) is 0 Å². The Morgan fingerprint density at radius 1 is 0.962 bits per heavy atom. The zero-order chi connectivity index (χ0) is 18.1. The third kappa shape index (κ3) is 2.80. The van der Waals surface area contributed by atoms with E-state index in [2.05, 4.69) is 42.0 Å². The lowest BCUT2D eigenvalue weighted by Gasteiger charge is -2.01. The Morgan fingerprint density at radius 2 is 1.77 bits per heavy atom. The van der Waals surface area contributed by atoms with E-state index in [1.807, 2.05) is 42.6 Å². The minimum atomic E-state index is 0.802. The molecule has 4 nitrogen and oxygen atoms in total. The summed E-state index contributed by atoms with van der Waals surface area (Å²) in [5.74, 6) is 0.802. The zero-order valence-corrected chi connectivity index (χ0v) is 15.1. The van der Waals surface area contributed by atoms with Crippen molar-refractivity contribution in [2.45, 2.75) is 13.8 Å². The number of ether oxygens (including phenoxy) is 1. The number of allylic oxidation sites excluding steroid dienone is 2. The highest BCUT2D eigenvalue weighted by Crippen LogP contribution is 2.33. The van der Waals surface area contributed by atoms with E-state index in [-0.39, 0.29) is 0 Å². The van der Waals surface area contributed by atoms with Crippen LogP contribution < -0.4 is 4.74 Å². The predicted molar refractivity (Wildman–Crippen MR) is 106 cm³/mol. The van der Waals surface area contributed by atoms with E-state index >= 15 is 0 Å². The minimum Gasteiger partial charge on any atom is -0.494 e. The van der Waals surface area contributed by atoms with Crippen LogP contribution in [0.5, 0.6) is 5.75 Å². The first-order valence-corrected chi connectivity index (χ1v) is 8.62. The first kappa shape index (κ1) is 16.2. The Kier molecular flexibility index (Phi) is 4.09. The number of nitrogens with one attached hydrogen (secondary N) is 2. The summed E-state index contributed by atoms with van der Waals surface area (Å²) in [7, 11) is 1.69. The lowest BCUT2D eigenvalue weighted by molar-refractivity contribution is 0.414. The summed E-state index contributed by atoms with van der Waals surface area (Å²) >= 11 is 0. The smallest absolute Gasteiger partial charge is 0.144 e. The second-order valence-corrected chi connectivity index (χ2v) is 6.35. The van der Waals surface area contributed by atoms with Gasteiger partial charge in [-0.05, 0) is 43.2 Å². The molecule has 0 fully saturated rings. The Labute approximate surface area is 153 Å². The van der Waals surface area contributed by atoms with Gasteiger partial charge in [0.15, 0.2) is 0 Å². The first-order valence-electron chi connectivity index (χ1n) is 8.62. The number of aliphatic imine (C=N–C) groups is 1. The number of methoxy groups -OCH3 is 1. The van der Waals surface area contributed by atoms with Crippen molar-refractivity contribution in [1.29, 1.82) is 0 Å². The van der Waals surface area contributed by atoms with Crippen LogP contribution in [0.15, 0.2) is 76.6 Å². The number of hydrogen-bond donors (Lipinski definition) is 2. The molecular formula is C22H21N3O. The number of benzene rings is 1. The molecule has 0 radical (unpaired) electrons. The topological polar surface area (TPSA) is 53.2 Å². The van der Waals surface area contributed by atoms with Crippen molar-refractivity contribution in [2.24, 2.45) is 4.99 Å². The second-order valence-electron chi connectivity index (χ2n) is 6.35. The molecule has 4 heteroatoms. The van der Waals surface area contributed by atoms with Crippen LogP contribution in [0.4, 0.5) is 0 Å². The number of nitrogens with zero attached hydrogens (tertiary/aromatic N) is 1. The molecule has 0 spiro atoms. The van der Waals surface area contributed by atoms with Crippen LogP contribution in [-0.4, -0.2) is 22.8 Å². The lowest BCUT2D eigenvalue weighted by Crippen LogP contribution is -1.98. The lowest BCUT2D eigenvalue weighted by atomic mass is 10.0. The van der Waals surface area contributed by atoms with Crippen molar-refractivity contribution >= 4 is 11.8 Å². The molecule has 0 amide bonds. The molecule has 26 heavy (non-hydrogen) atoms. The van der Waals surface area contributed by atoms with Crippen LogP contribution in [0.2, 0.25) is 0 Å². The number of H-pyrrole nitrogens is 2. The van der Waals surface area contributed by atoms with E-state index in [4.69, 9.17) is 9.73 Å². The van der Waals surface area contributed by atoms with Crippen molar-refractivity contribution in [1.82, 2.24) is 9.97 Å². The molecule has 0 unspecified atom stereocenters. The van der Waals surface area contributed by atoms with Gasteiger partial charge in [-0.15, -0.1) is 0 Å². The third-order valence-electron chi connectivity index (χ3n) is 4.78. The van der Waals surface area contributed by atoms with Gasteiger partial charge in [-0.2, -0.15) is 0 Å². The zero-order valence-electron chi connectivity index (χ0n) is 15.1. The fraction of sp³-hybridized carbons (Fsp3) is 0.136. The summed E-state index contributed by atoms with van der Waals surface area (Å²) in [5.41, 5.74) is 8.44. The van der Waals surface area contributed by atoms with E-state index in [1.165, 1.54) is 11.1 Å². The number of aromatic amines is 2. The maximum Gasteiger partial charge on any atom is 0.144 e. The normalized spacial score (nSPS) is 15.7. The second kappa shape index (κ2) is 6.56. The Bertz CT molecular complexity index is 1020. The van der Waals surface area contributed by atoms with Crippen molar-refractivity contribution in [3.8, 4) is 17.1 Å². The molecule has 1 aliphatic heterocycles. The molecule has 0 aliphatic carbocycles. The molecule has 4 rings (SSSR count). The fourth-order valence-electron chi connectivity index (χ4n) is 3.18. The van der Waals surface area contributed by atoms with Crippen LogP contribution in [0.25, 0.3) is 17.5 Å². The SMILES string of the molecule is COc1cc(-c2ccc[nH]2)[nH]c1C=C1N=C(c2ccccc2)C(C)=C1C. The molecule has 2 aromatic heterocycles. The van der Waals surface area contributed by atoms with Crippen molar-refractivity contribution in [3.63, 3.8) is 0 Å². The van der Waals surface area contributed by atoms with E-state index in [0.29, 0.717) is 0 Å². The largest absolute Gasteiger partial charge is 0.494 e. The predicted octanol–water partition coefficient (Wildman–Crippen LogP) is 5.20. The average molecular weight is 343 g/mol. The van der Waals surface area contributed by atoms with E-state index in [9.17, 15) is 0 Å².